The van der Waals surface area contributed by atoms with E-state index in [4.69, 9.17) is 16.2 Å². The third kappa shape index (κ3) is 2.79. The summed E-state index contributed by atoms with van der Waals surface area (Å²) in [4.78, 5) is 2.20. The molecule has 0 saturated heterocycles. The minimum Gasteiger partial charge on any atom is -0.395 e. The number of nitrogen functional groups attached to an aromatic ring is 1. The molecule has 1 aliphatic carbocycles. The van der Waals surface area contributed by atoms with Crippen molar-refractivity contribution in [2.45, 2.75) is 18.9 Å². The molecule has 0 spiro atoms. The van der Waals surface area contributed by atoms with Crippen molar-refractivity contribution >= 4 is 27.5 Å². The lowest BCUT2D eigenvalue weighted by molar-refractivity contribution is 0.301. The van der Waals surface area contributed by atoms with Crippen molar-refractivity contribution in [1.82, 2.24) is 0 Å². The summed E-state index contributed by atoms with van der Waals surface area (Å²) in [6.45, 7) is 0.805. The third-order valence-electron chi connectivity index (χ3n) is 2.90. The van der Waals surface area contributed by atoms with Gasteiger partial charge < -0.3 is 15.7 Å². The van der Waals surface area contributed by atoms with Crippen LogP contribution in [0, 0.1) is 5.41 Å². The molecular weight excluding hydrogens is 282 g/mol. The highest BCUT2D eigenvalue weighted by molar-refractivity contribution is 9.10. The van der Waals surface area contributed by atoms with Crippen LogP contribution in [0.15, 0.2) is 22.7 Å². The Morgan fingerprint density at radius 1 is 1.53 bits per heavy atom. The summed E-state index contributed by atoms with van der Waals surface area (Å²) in [5, 5.41) is 16.5. The van der Waals surface area contributed by atoms with Gasteiger partial charge >= 0.3 is 0 Å². The summed E-state index contributed by atoms with van der Waals surface area (Å²) in [6.07, 6.45) is 2.37. The second kappa shape index (κ2) is 5.06. The number of rotatable bonds is 5. The van der Waals surface area contributed by atoms with Gasteiger partial charge in [0.2, 0.25) is 0 Å². The smallest absolute Gasteiger partial charge is 0.123 e. The molecular formula is C12H16BrN3O. The zero-order chi connectivity index (χ0) is 12.4. The van der Waals surface area contributed by atoms with Crippen molar-refractivity contribution in [3.8, 4) is 0 Å². The van der Waals surface area contributed by atoms with E-state index in [0.717, 1.165) is 10.2 Å². The summed E-state index contributed by atoms with van der Waals surface area (Å²) >= 11 is 3.43. The lowest BCUT2D eigenvalue weighted by Crippen LogP contribution is -2.29. The van der Waals surface area contributed by atoms with Crippen LogP contribution < -0.4 is 10.6 Å². The van der Waals surface area contributed by atoms with Crippen LogP contribution in [-0.2, 0) is 0 Å². The number of benzene rings is 1. The van der Waals surface area contributed by atoms with Gasteiger partial charge in [-0.15, -0.1) is 0 Å². The summed E-state index contributed by atoms with van der Waals surface area (Å²) in [7, 11) is 0. The molecule has 0 radical (unpaired) electrons. The van der Waals surface area contributed by atoms with E-state index in [1.54, 1.807) is 0 Å². The average Bonchev–Trinajstić information content (AvgIpc) is 3.09. The first kappa shape index (κ1) is 12.4. The van der Waals surface area contributed by atoms with Gasteiger partial charge in [-0.05, 0) is 47.0 Å². The Labute approximate surface area is 109 Å². The maximum Gasteiger partial charge on any atom is 0.123 e. The molecule has 17 heavy (non-hydrogen) atoms. The first-order chi connectivity index (χ1) is 8.13. The molecule has 5 heteroatoms. The van der Waals surface area contributed by atoms with E-state index in [9.17, 15) is 0 Å². The Balaban J connectivity index is 2.25. The van der Waals surface area contributed by atoms with E-state index >= 15 is 0 Å². The molecule has 1 aromatic carbocycles. The van der Waals surface area contributed by atoms with Gasteiger partial charge in [0, 0.05) is 28.3 Å². The van der Waals surface area contributed by atoms with Crippen molar-refractivity contribution in [1.29, 1.82) is 5.41 Å². The number of anilines is 1. The highest BCUT2D eigenvalue weighted by Gasteiger charge is 2.29. The number of aliphatic hydroxyl groups is 1. The van der Waals surface area contributed by atoms with Crippen molar-refractivity contribution in [3.05, 3.63) is 28.2 Å². The Hall–Kier alpha value is -1.07. The van der Waals surface area contributed by atoms with E-state index in [1.807, 2.05) is 18.2 Å². The lowest BCUT2D eigenvalue weighted by atomic mass is 10.2. The van der Waals surface area contributed by atoms with Crippen LogP contribution in [0.2, 0.25) is 0 Å². The van der Waals surface area contributed by atoms with Gasteiger partial charge in [-0.1, -0.05) is 0 Å². The predicted octanol–water partition coefficient (Wildman–Crippen LogP) is 1.69. The highest BCUT2D eigenvalue weighted by Crippen LogP contribution is 2.33. The second-order valence-corrected chi connectivity index (χ2v) is 5.08. The van der Waals surface area contributed by atoms with E-state index < -0.39 is 0 Å². The normalized spacial score (nSPS) is 14.7. The molecule has 2 rings (SSSR count). The number of nitrogens with zero attached hydrogens (tertiary/aromatic N) is 1. The summed E-state index contributed by atoms with van der Waals surface area (Å²) in [6, 6.07) is 6.31. The Bertz CT molecular complexity index is 432. The number of aliphatic hydroxyl groups excluding tert-OH is 1. The Morgan fingerprint density at radius 2 is 2.24 bits per heavy atom. The zero-order valence-electron chi connectivity index (χ0n) is 9.49. The lowest BCUT2D eigenvalue weighted by Gasteiger charge is -2.24. The second-order valence-electron chi connectivity index (χ2n) is 4.23. The fourth-order valence-corrected chi connectivity index (χ4v) is 2.50. The first-order valence-corrected chi connectivity index (χ1v) is 6.44. The molecule has 0 atom stereocenters. The summed E-state index contributed by atoms with van der Waals surface area (Å²) in [5.74, 6) is 0.0588. The molecule has 1 fully saturated rings. The number of amidine groups is 1. The van der Waals surface area contributed by atoms with Gasteiger partial charge in [0.15, 0.2) is 0 Å². The predicted molar refractivity (Wildman–Crippen MR) is 72.6 cm³/mol. The molecule has 1 aliphatic rings. The molecule has 4 nitrogen and oxygen atoms in total. The molecule has 0 unspecified atom stereocenters. The van der Waals surface area contributed by atoms with E-state index in [-0.39, 0.29) is 12.4 Å². The van der Waals surface area contributed by atoms with Crippen molar-refractivity contribution in [2.75, 3.05) is 18.1 Å². The number of nitrogens with two attached hydrogens (primary N) is 1. The fourth-order valence-electron chi connectivity index (χ4n) is 1.92. The van der Waals surface area contributed by atoms with Crippen LogP contribution in [0.3, 0.4) is 0 Å². The molecule has 4 N–H and O–H groups in total. The van der Waals surface area contributed by atoms with Crippen LogP contribution in [0.5, 0.6) is 0 Å². The number of halogens is 1. The molecule has 0 amide bonds. The van der Waals surface area contributed by atoms with E-state index in [1.165, 1.54) is 12.8 Å². The van der Waals surface area contributed by atoms with Crippen LogP contribution in [0.1, 0.15) is 18.4 Å². The molecule has 0 bridgehead atoms. The van der Waals surface area contributed by atoms with Gasteiger partial charge in [0.1, 0.15) is 5.84 Å². The summed E-state index contributed by atoms with van der Waals surface area (Å²) in [5.41, 5.74) is 7.24. The topological polar surface area (TPSA) is 73.3 Å². The van der Waals surface area contributed by atoms with Gasteiger partial charge in [0.25, 0.3) is 0 Å². The maximum absolute atomic E-state index is 9.08. The number of hydrogen-bond acceptors (Lipinski definition) is 3. The molecule has 0 aromatic heterocycles. The SMILES string of the molecule is N=C(N)c1ccc(N(CCO)C2CC2)cc1Br. The Kier molecular flexibility index (Phi) is 3.69. The van der Waals surface area contributed by atoms with Crippen LogP contribution >= 0.6 is 15.9 Å². The van der Waals surface area contributed by atoms with Crippen molar-refractivity contribution in [2.24, 2.45) is 5.73 Å². The van der Waals surface area contributed by atoms with Gasteiger partial charge in [-0.25, -0.2) is 0 Å². The van der Waals surface area contributed by atoms with E-state index in [2.05, 4.69) is 20.8 Å². The standard InChI is InChI=1S/C12H16BrN3O/c13-11-7-9(3-4-10(11)12(14)15)16(5-6-17)8-1-2-8/h3-4,7-8,17H,1-2,5-6H2,(H3,14,15). The number of hydrogen-bond donors (Lipinski definition) is 3. The fraction of sp³-hybridized carbons (Fsp3) is 0.417. The van der Waals surface area contributed by atoms with Crippen LogP contribution in [0.4, 0.5) is 5.69 Å². The van der Waals surface area contributed by atoms with Crippen molar-refractivity contribution in [3.63, 3.8) is 0 Å². The number of nitrogens with one attached hydrogen (secondary N) is 1. The van der Waals surface area contributed by atoms with Crippen molar-refractivity contribution < 1.29 is 5.11 Å². The molecule has 1 saturated carbocycles. The average molecular weight is 298 g/mol. The molecule has 92 valence electrons. The zero-order valence-corrected chi connectivity index (χ0v) is 11.1. The van der Waals surface area contributed by atoms with E-state index in [0.29, 0.717) is 18.2 Å². The van der Waals surface area contributed by atoms with Gasteiger partial charge in [-0.3, -0.25) is 5.41 Å². The minimum atomic E-state index is 0.0588. The molecule has 0 aliphatic heterocycles. The quantitative estimate of drug-likeness (QED) is 0.572. The van der Waals surface area contributed by atoms with Gasteiger partial charge in [-0.2, -0.15) is 0 Å². The minimum absolute atomic E-state index is 0.0588. The highest BCUT2D eigenvalue weighted by atomic mass is 79.9. The van der Waals surface area contributed by atoms with Crippen LogP contribution in [0.25, 0.3) is 0 Å². The maximum atomic E-state index is 9.08. The first-order valence-electron chi connectivity index (χ1n) is 5.65. The Morgan fingerprint density at radius 3 is 2.71 bits per heavy atom. The molecule has 0 heterocycles. The summed E-state index contributed by atoms with van der Waals surface area (Å²) < 4.78 is 0.825. The molecule has 1 aromatic rings. The van der Waals surface area contributed by atoms with Crippen LogP contribution in [-0.4, -0.2) is 30.1 Å². The van der Waals surface area contributed by atoms with Gasteiger partial charge in [0.05, 0.1) is 6.61 Å². The third-order valence-corrected chi connectivity index (χ3v) is 3.56. The monoisotopic (exact) mass is 297 g/mol. The largest absolute Gasteiger partial charge is 0.395 e.